The number of hydrogen-bond acceptors (Lipinski definition) is 4. The minimum atomic E-state index is 0.0509. The van der Waals surface area contributed by atoms with Gasteiger partial charge in [-0.15, -0.1) is 0 Å². The molecule has 3 N–H and O–H groups in total. The minimum absolute atomic E-state index is 0.0509. The Hall–Kier alpha value is -3.27. The predicted octanol–water partition coefficient (Wildman–Crippen LogP) is 5.76. The van der Waals surface area contributed by atoms with Crippen molar-refractivity contribution >= 4 is 12.0 Å². The van der Waals surface area contributed by atoms with Crippen LogP contribution in [-0.2, 0) is 6.54 Å². The van der Waals surface area contributed by atoms with Gasteiger partial charge < -0.3 is 15.7 Å². The van der Waals surface area contributed by atoms with E-state index in [2.05, 4.69) is 68.3 Å². The van der Waals surface area contributed by atoms with Crippen molar-refractivity contribution < 1.29 is 9.90 Å². The van der Waals surface area contributed by atoms with Gasteiger partial charge in [0.1, 0.15) is 5.75 Å². The van der Waals surface area contributed by atoms with E-state index in [0.29, 0.717) is 11.8 Å². The summed E-state index contributed by atoms with van der Waals surface area (Å²) in [5, 5.41) is 15.6. The van der Waals surface area contributed by atoms with E-state index in [1.165, 1.54) is 28.5 Å². The van der Waals surface area contributed by atoms with Gasteiger partial charge in [-0.25, -0.2) is 0 Å². The number of anilines is 1. The number of rotatable bonds is 7. The summed E-state index contributed by atoms with van der Waals surface area (Å²) in [6, 6.07) is 13.4. The fourth-order valence-corrected chi connectivity index (χ4v) is 2.49. The number of aldehydes is 1. The first-order chi connectivity index (χ1) is 13.8. The van der Waals surface area contributed by atoms with Gasteiger partial charge in [0.25, 0.3) is 0 Å². The van der Waals surface area contributed by atoms with Crippen molar-refractivity contribution in [2.45, 2.75) is 34.2 Å². The number of hydrogen-bond donors (Lipinski definition) is 3. The average molecular weight is 393 g/mol. The Balaban J connectivity index is 0.000000352. The lowest BCUT2D eigenvalue weighted by Crippen LogP contribution is -2.11. The third-order valence-corrected chi connectivity index (χ3v) is 4.58. The molecule has 0 saturated carbocycles. The molecule has 2 aromatic carbocycles. The van der Waals surface area contributed by atoms with E-state index in [1.54, 1.807) is 19.1 Å². The molecule has 4 heteroatoms. The number of aryl methyl sites for hydroxylation is 1. The quantitative estimate of drug-likeness (QED) is 0.414. The number of benzene rings is 2. The highest BCUT2D eigenvalue weighted by molar-refractivity contribution is 5.81. The molecule has 0 aliphatic carbocycles. The normalized spacial score (nSPS) is 11.6. The lowest BCUT2D eigenvalue weighted by Gasteiger charge is -2.10. The summed E-state index contributed by atoms with van der Waals surface area (Å²) in [4.78, 5) is 10.3. The standard InChI is InChI=1S/C17H24N2.C8H8O2/c1-6-13(2)11-14(3)15(4)19-12-16-7-9-17(18-5)10-8-16;1-6-3-2-4-8(10)7(6)5-9/h6-11,18-19H,1,12H2,2-5H3;2-5,10H,1H3/b13-11-,15-14+;. The van der Waals surface area contributed by atoms with E-state index in [9.17, 15) is 4.79 Å². The lowest BCUT2D eigenvalue weighted by molar-refractivity contribution is 0.112. The van der Waals surface area contributed by atoms with Crippen molar-refractivity contribution in [2.24, 2.45) is 0 Å². The first-order valence-corrected chi connectivity index (χ1v) is 9.54. The summed E-state index contributed by atoms with van der Waals surface area (Å²) in [7, 11) is 1.93. The van der Waals surface area contributed by atoms with Gasteiger partial charge in [-0.1, -0.05) is 48.6 Å². The zero-order valence-corrected chi connectivity index (χ0v) is 18.0. The second kappa shape index (κ2) is 12.2. The Kier molecular flexibility index (Phi) is 10.0. The van der Waals surface area contributed by atoms with E-state index in [4.69, 9.17) is 5.11 Å². The van der Waals surface area contributed by atoms with Gasteiger partial charge in [0.05, 0.1) is 5.56 Å². The van der Waals surface area contributed by atoms with Crippen LogP contribution < -0.4 is 10.6 Å². The molecule has 0 unspecified atom stereocenters. The first-order valence-electron chi connectivity index (χ1n) is 9.54. The number of aromatic hydroxyl groups is 1. The summed E-state index contributed by atoms with van der Waals surface area (Å²) in [6.07, 6.45) is 4.66. The Morgan fingerprint density at radius 3 is 2.24 bits per heavy atom. The molecule has 29 heavy (non-hydrogen) atoms. The fourth-order valence-electron chi connectivity index (χ4n) is 2.49. The van der Waals surface area contributed by atoms with Crippen LogP contribution in [0.5, 0.6) is 5.75 Å². The van der Waals surface area contributed by atoms with Gasteiger partial charge in [-0.05, 0) is 62.6 Å². The van der Waals surface area contributed by atoms with E-state index < -0.39 is 0 Å². The van der Waals surface area contributed by atoms with Crippen LogP contribution in [0.4, 0.5) is 5.69 Å². The molecule has 154 valence electrons. The van der Waals surface area contributed by atoms with Crippen molar-refractivity contribution in [1.82, 2.24) is 5.32 Å². The molecule has 0 radical (unpaired) electrons. The third-order valence-electron chi connectivity index (χ3n) is 4.58. The van der Waals surface area contributed by atoms with Gasteiger partial charge in [-0.3, -0.25) is 4.79 Å². The molecule has 0 fully saturated rings. The summed E-state index contributed by atoms with van der Waals surface area (Å²) >= 11 is 0. The topological polar surface area (TPSA) is 61.4 Å². The molecular formula is C25H32N2O2. The molecule has 0 heterocycles. The monoisotopic (exact) mass is 392 g/mol. The molecular weight excluding hydrogens is 360 g/mol. The van der Waals surface area contributed by atoms with Gasteiger partial charge in [-0.2, -0.15) is 0 Å². The number of allylic oxidation sites excluding steroid dienone is 5. The highest BCUT2D eigenvalue weighted by Crippen LogP contribution is 2.17. The maximum Gasteiger partial charge on any atom is 0.154 e. The molecule has 0 aliphatic heterocycles. The van der Waals surface area contributed by atoms with Gasteiger partial charge in [0, 0.05) is 25.0 Å². The van der Waals surface area contributed by atoms with Crippen molar-refractivity contribution in [2.75, 3.05) is 12.4 Å². The maximum atomic E-state index is 10.3. The molecule has 2 aromatic rings. The van der Waals surface area contributed by atoms with Crippen molar-refractivity contribution in [3.05, 3.63) is 94.7 Å². The van der Waals surface area contributed by atoms with Crippen molar-refractivity contribution in [3.63, 3.8) is 0 Å². The molecule has 0 saturated heterocycles. The molecule has 0 amide bonds. The van der Waals surface area contributed by atoms with Crippen LogP contribution in [0.3, 0.4) is 0 Å². The number of nitrogens with one attached hydrogen (secondary N) is 2. The Labute approximate surface area is 174 Å². The summed E-state index contributed by atoms with van der Waals surface area (Å²) in [6.45, 7) is 12.7. The van der Waals surface area contributed by atoms with Gasteiger partial charge in [0.2, 0.25) is 0 Å². The van der Waals surface area contributed by atoms with Crippen LogP contribution in [0.2, 0.25) is 0 Å². The van der Waals surface area contributed by atoms with Crippen molar-refractivity contribution in [3.8, 4) is 5.75 Å². The molecule has 2 rings (SSSR count). The average Bonchev–Trinajstić information content (AvgIpc) is 2.72. The third kappa shape index (κ3) is 8.09. The second-order valence-electron chi connectivity index (χ2n) is 6.83. The maximum absolute atomic E-state index is 10.3. The molecule has 0 atom stereocenters. The number of phenols is 1. The fraction of sp³-hybridized carbons (Fsp3) is 0.240. The van der Waals surface area contributed by atoms with Crippen LogP contribution in [0, 0.1) is 6.92 Å². The van der Waals surface area contributed by atoms with Gasteiger partial charge >= 0.3 is 0 Å². The first kappa shape index (κ1) is 23.8. The number of carbonyl (C=O) groups is 1. The Bertz CT molecular complexity index is 858. The molecule has 4 nitrogen and oxygen atoms in total. The van der Waals surface area contributed by atoms with Crippen LogP contribution >= 0.6 is 0 Å². The molecule has 0 bridgehead atoms. The number of carbonyl (C=O) groups excluding carboxylic acids is 1. The summed E-state index contributed by atoms with van der Waals surface area (Å²) in [5.74, 6) is 0.0509. The lowest BCUT2D eigenvalue weighted by atomic mass is 10.1. The molecule has 0 aromatic heterocycles. The zero-order chi connectivity index (χ0) is 21.8. The number of phenolic OH excluding ortho intramolecular Hbond substituents is 1. The van der Waals surface area contributed by atoms with Crippen LogP contribution in [-0.4, -0.2) is 18.4 Å². The summed E-state index contributed by atoms with van der Waals surface area (Å²) < 4.78 is 0. The highest BCUT2D eigenvalue weighted by Gasteiger charge is 2.00. The van der Waals surface area contributed by atoms with Crippen LogP contribution in [0.15, 0.2) is 78.0 Å². The molecule has 0 aliphatic rings. The van der Waals surface area contributed by atoms with E-state index >= 15 is 0 Å². The van der Waals surface area contributed by atoms with Crippen LogP contribution in [0.1, 0.15) is 42.3 Å². The largest absolute Gasteiger partial charge is 0.507 e. The Morgan fingerprint density at radius 1 is 1.10 bits per heavy atom. The van der Waals surface area contributed by atoms with E-state index in [-0.39, 0.29) is 5.75 Å². The van der Waals surface area contributed by atoms with Crippen molar-refractivity contribution in [1.29, 1.82) is 0 Å². The van der Waals surface area contributed by atoms with E-state index in [0.717, 1.165) is 17.8 Å². The molecule has 0 spiro atoms. The Morgan fingerprint density at radius 2 is 1.76 bits per heavy atom. The summed E-state index contributed by atoms with van der Waals surface area (Å²) in [5.41, 5.74) is 7.20. The predicted molar refractivity (Wildman–Crippen MR) is 123 cm³/mol. The van der Waals surface area contributed by atoms with Crippen LogP contribution in [0.25, 0.3) is 0 Å². The smallest absolute Gasteiger partial charge is 0.154 e. The van der Waals surface area contributed by atoms with Gasteiger partial charge in [0.15, 0.2) is 6.29 Å². The SMILES string of the molecule is C=C/C(C)=C\C(C)=C(/C)NCc1ccc(NC)cc1.Cc1cccc(O)c1C=O. The highest BCUT2D eigenvalue weighted by atomic mass is 16.3. The zero-order valence-electron chi connectivity index (χ0n) is 18.0. The van der Waals surface area contributed by atoms with E-state index in [1.807, 2.05) is 13.1 Å². The minimum Gasteiger partial charge on any atom is -0.507 e. The second-order valence-corrected chi connectivity index (χ2v) is 6.83.